The van der Waals surface area contributed by atoms with Crippen molar-refractivity contribution >= 4 is 21.7 Å². The van der Waals surface area contributed by atoms with Crippen molar-refractivity contribution in [2.45, 2.75) is 44.3 Å². The van der Waals surface area contributed by atoms with Gasteiger partial charge in [0.1, 0.15) is 5.75 Å². The van der Waals surface area contributed by atoms with Gasteiger partial charge < -0.3 is 10.2 Å². The third-order valence-electron chi connectivity index (χ3n) is 4.85. The predicted octanol–water partition coefficient (Wildman–Crippen LogP) is 1.75. The summed E-state index contributed by atoms with van der Waals surface area (Å²) in [6, 6.07) is 7.59. The quantitative estimate of drug-likeness (QED) is 0.863. The lowest BCUT2D eigenvalue weighted by Crippen LogP contribution is -2.44. The molecule has 0 atom stereocenters. The molecule has 0 saturated carbocycles. The molecule has 2 amide bonds. The standard InChI is InChI=1S/C19H28N2O4S/c1-19(2,3)15-7-5-14(6-8-15)18(23)21-11-9-16(10-12-21)26(24,25)13-17(22)20-4/h5-8,16H,9-13H2,1-4H3,(H,20,22). The Morgan fingerprint density at radius 2 is 1.65 bits per heavy atom. The van der Waals surface area contributed by atoms with Crippen LogP contribution in [-0.4, -0.2) is 56.3 Å². The molecule has 7 heteroatoms. The number of nitrogens with zero attached hydrogens (tertiary/aromatic N) is 1. The van der Waals surface area contributed by atoms with Crippen LogP contribution >= 0.6 is 0 Å². The second-order valence-corrected chi connectivity index (χ2v) is 10.1. The molecular weight excluding hydrogens is 352 g/mol. The number of rotatable bonds is 4. The molecule has 0 radical (unpaired) electrons. The lowest BCUT2D eigenvalue weighted by molar-refractivity contribution is -0.118. The summed E-state index contributed by atoms with van der Waals surface area (Å²) in [7, 11) is -2.06. The highest BCUT2D eigenvalue weighted by Crippen LogP contribution is 2.24. The third-order valence-corrected chi connectivity index (χ3v) is 7.00. The number of sulfone groups is 1. The molecule has 1 aromatic carbocycles. The van der Waals surface area contributed by atoms with Crippen LogP contribution in [0.1, 0.15) is 49.5 Å². The van der Waals surface area contributed by atoms with E-state index in [-0.39, 0.29) is 11.3 Å². The van der Waals surface area contributed by atoms with E-state index >= 15 is 0 Å². The normalized spacial score (nSPS) is 16.4. The predicted molar refractivity (Wildman–Crippen MR) is 102 cm³/mol. The molecule has 1 N–H and O–H groups in total. The summed E-state index contributed by atoms with van der Waals surface area (Å²) in [5.41, 5.74) is 1.80. The van der Waals surface area contributed by atoms with Crippen LogP contribution in [0.4, 0.5) is 0 Å². The summed E-state index contributed by atoms with van der Waals surface area (Å²) in [6.45, 7) is 7.13. The fourth-order valence-electron chi connectivity index (χ4n) is 3.09. The largest absolute Gasteiger partial charge is 0.358 e. The van der Waals surface area contributed by atoms with Gasteiger partial charge >= 0.3 is 0 Å². The summed E-state index contributed by atoms with van der Waals surface area (Å²) in [5, 5.41) is 1.78. The van der Waals surface area contributed by atoms with Crippen LogP contribution < -0.4 is 5.32 Å². The fraction of sp³-hybridized carbons (Fsp3) is 0.579. The number of carbonyl (C=O) groups is 2. The average molecular weight is 381 g/mol. The molecule has 0 bridgehead atoms. The van der Waals surface area contributed by atoms with Crippen molar-refractivity contribution in [3.05, 3.63) is 35.4 Å². The first-order valence-electron chi connectivity index (χ1n) is 8.86. The number of hydrogen-bond donors (Lipinski definition) is 1. The number of amides is 2. The highest BCUT2D eigenvalue weighted by Gasteiger charge is 2.33. The van der Waals surface area contributed by atoms with Gasteiger partial charge in [-0.15, -0.1) is 0 Å². The van der Waals surface area contributed by atoms with E-state index in [1.165, 1.54) is 7.05 Å². The molecule has 26 heavy (non-hydrogen) atoms. The zero-order valence-electron chi connectivity index (χ0n) is 15.9. The van der Waals surface area contributed by atoms with E-state index in [1.807, 2.05) is 24.3 Å². The van der Waals surface area contributed by atoms with Crippen molar-refractivity contribution in [2.75, 3.05) is 25.9 Å². The number of nitrogens with one attached hydrogen (secondary N) is 1. The molecule has 0 aliphatic carbocycles. The van der Waals surface area contributed by atoms with E-state index in [4.69, 9.17) is 0 Å². The van der Waals surface area contributed by atoms with Gasteiger partial charge in [-0.3, -0.25) is 9.59 Å². The minimum atomic E-state index is -3.48. The van der Waals surface area contributed by atoms with Gasteiger partial charge in [0.05, 0.1) is 5.25 Å². The van der Waals surface area contributed by atoms with Crippen molar-refractivity contribution in [1.82, 2.24) is 10.2 Å². The molecule has 6 nitrogen and oxygen atoms in total. The zero-order valence-corrected chi connectivity index (χ0v) is 16.7. The maximum Gasteiger partial charge on any atom is 0.253 e. The average Bonchev–Trinajstić information content (AvgIpc) is 2.60. The van der Waals surface area contributed by atoms with E-state index in [9.17, 15) is 18.0 Å². The number of likely N-dealkylation sites (tertiary alicyclic amines) is 1. The zero-order chi connectivity index (χ0) is 19.5. The van der Waals surface area contributed by atoms with Gasteiger partial charge in [0.25, 0.3) is 5.91 Å². The minimum absolute atomic E-state index is 0.0268. The Kier molecular flexibility index (Phi) is 6.11. The monoisotopic (exact) mass is 380 g/mol. The Labute approximate surface area is 155 Å². The third kappa shape index (κ3) is 4.84. The summed E-state index contributed by atoms with van der Waals surface area (Å²) in [5.74, 6) is -1.06. The highest BCUT2D eigenvalue weighted by molar-refractivity contribution is 7.92. The van der Waals surface area contributed by atoms with E-state index < -0.39 is 26.7 Å². The molecule has 1 saturated heterocycles. The van der Waals surface area contributed by atoms with Crippen LogP contribution in [-0.2, 0) is 20.0 Å². The van der Waals surface area contributed by atoms with Gasteiger partial charge in [0, 0.05) is 25.7 Å². The second kappa shape index (κ2) is 7.78. The van der Waals surface area contributed by atoms with Gasteiger partial charge in [0.15, 0.2) is 9.84 Å². The van der Waals surface area contributed by atoms with E-state index in [1.54, 1.807) is 4.90 Å². The van der Waals surface area contributed by atoms with Gasteiger partial charge in [-0.05, 0) is 36.0 Å². The van der Waals surface area contributed by atoms with Gasteiger partial charge in [-0.25, -0.2) is 8.42 Å². The number of carbonyl (C=O) groups excluding carboxylic acids is 2. The Balaban J connectivity index is 1.99. The Morgan fingerprint density at radius 1 is 1.12 bits per heavy atom. The Morgan fingerprint density at radius 3 is 2.12 bits per heavy atom. The first-order valence-corrected chi connectivity index (χ1v) is 10.6. The molecule has 1 aliphatic heterocycles. The van der Waals surface area contributed by atoms with Crippen molar-refractivity contribution in [2.24, 2.45) is 0 Å². The molecule has 0 spiro atoms. The van der Waals surface area contributed by atoms with Crippen molar-refractivity contribution < 1.29 is 18.0 Å². The molecule has 0 unspecified atom stereocenters. The van der Waals surface area contributed by atoms with Gasteiger partial charge in [-0.1, -0.05) is 32.9 Å². The SMILES string of the molecule is CNC(=O)CS(=O)(=O)C1CCN(C(=O)c2ccc(C(C)(C)C)cc2)CC1. The fourth-order valence-corrected chi connectivity index (χ4v) is 4.76. The van der Waals surface area contributed by atoms with Crippen LogP contribution in [0, 0.1) is 0 Å². The molecule has 1 fully saturated rings. The van der Waals surface area contributed by atoms with Crippen LogP contribution in [0.3, 0.4) is 0 Å². The number of hydrogen-bond acceptors (Lipinski definition) is 4. The lowest BCUT2D eigenvalue weighted by Gasteiger charge is -2.31. The summed E-state index contributed by atoms with van der Waals surface area (Å²) >= 11 is 0. The maximum atomic E-state index is 12.7. The lowest BCUT2D eigenvalue weighted by atomic mass is 9.86. The van der Waals surface area contributed by atoms with Crippen molar-refractivity contribution in [3.8, 4) is 0 Å². The Hall–Kier alpha value is -1.89. The van der Waals surface area contributed by atoms with Crippen LogP contribution in [0.15, 0.2) is 24.3 Å². The Bertz CT molecular complexity index is 756. The van der Waals surface area contributed by atoms with Crippen molar-refractivity contribution in [1.29, 1.82) is 0 Å². The van der Waals surface area contributed by atoms with E-state index in [0.717, 1.165) is 5.56 Å². The minimum Gasteiger partial charge on any atom is -0.358 e. The molecule has 2 rings (SSSR count). The summed E-state index contributed by atoms with van der Waals surface area (Å²) in [6.07, 6.45) is 0.732. The smallest absolute Gasteiger partial charge is 0.253 e. The second-order valence-electron chi connectivity index (χ2n) is 7.80. The molecule has 1 heterocycles. The number of benzene rings is 1. The number of piperidine rings is 1. The van der Waals surface area contributed by atoms with Crippen LogP contribution in [0.5, 0.6) is 0 Å². The van der Waals surface area contributed by atoms with Crippen LogP contribution in [0.25, 0.3) is 0 Å². The maximum absolute atomic E-state index is 12.7. The highest BCUT2D eigenvalue weighted by atomic mass is 32.2. The topological polar surface area (TPSA) is 83.6 Å². The van der Waals surface area contributed by atoms with Gasteiger partial charge in [0.2, 0.25) is 5.91 Å². The van der Waals surface area contributed by atoms with E-state index in [2.05, 4.69) is 26.1 Å². The summed E-state index contributed by atoms with van der Waals surface area (Å²) < 4.78 is 24.5. The molecule has 0 aromatic heterocycles. The van der Waals surface area contributed by atoms with Crippen molar-refractivity contribution in [3.63, 3.8) is 0 Å². The van der Waals surface area contributed by atoms with E-state index in [0.29, 0.717) is 31.5 Å². The summed E-state index contributed by atoms with van der Waals surface area (Å²) in [4.78, 5) is 25.7. The first kappa shape index (κ1) is 20.4. The molecular formula is C19H28N2O4S. The molecule has 1 aromatic rings. The first-order chi connectivity index (χ1) is 12.0. The molecule has 144 valence electrons. The van der Waals surface area contributed by atoms with Crippen LogP contribution in [0.2, 0.25) is 0 Å². The van der Waals surface area contributed by atoms with Gasteiger partial charge in [-0.2, -0.15) is 0 Å². The molecule has 1 aliphatic rings.